The van der Waals surface area contributed by atoms with Crippen LogP contribution in [0.4, 0.5) is 0 Å². The summed E-state index contributed by atoms with van der Waals surface area (Å²) < 4.78 is 10.0. The van der Waals surface area contributed by atoms with Crippen molar-refractivity contribution in [1.82, 2.24) is 0 Å². The summed E-state index contributed by atoms with van der Waals surface area (Å²) in [4.78, 5) is 11.2. The zero-order valence-electron chi connectivity index (χ0n) is 7.71. The van der Waals surface area contributed by atoms with E-state index >= 15 is 0 Å². The smallest absolute Gasteiger partial charge is 0.335 e. The van der Waals surface area contributed by atoms with Crippen molar-refractivity contribution < 1.29 is 14.3 Å². The van der Waals surface area contributed by atoms with Crippen molar-refractivity contribution in [3.8, 4) is 0 Å². The molecule has 1 aliphatic rings. The third-order valence-corrected chi connectivity index (χ3v) is 1.99. The van der Waals surface area contributed by atoms with E-state index in [-0.39, 0.29) is 12.1 Å². The highest BCUT2D eigenvalue weighted by atomic mass is 16.6. The molecule has 0 N–H and O–H groups in total. The Bertz CT molecular complexity index is 152. The molecule has 1 fully saturated rings. The van der Waals surface area contributed by atoms with Crippen LogP contribution >= 0.6 is 0 Å². The van der Waals surface area contributed by atoms with Gasteiger partial charge in [0.25, 0.3) is 0 Å². The van der Waals surface area contributed by atoms with Crippen molar-refractivity contribution in [2.45, 2.75) is 32.3 Å². The van der Waals surface area contributed by atoms with Gasteiger partial charge < -0.3 is 9.47 Å². The molecule has 0 aromatic carbocycles. The SMILES string of the molecule is CCCOC(C(=O)OC)C1CC1. The summed E-state index contributed by atoms with van der Waals surface area (Å²) in [5.41, 5.74) is 0. The molecule has 1 rings (SSSR count). The normalized spacial score (nSPS) is 18.8. The van der Waals surface area contributed by atoms with Gasteiger partial charge in [0.05, 0.1) is 7.11 Å². The van der Waals surface area contributed by atoms with Crippen molar-refractivity contribution in [1.29, 1.82) is 0 Å². The van der Waals surface area contributed by atoms with Gasteiger partial charge in [-0.3, -0.25) is 0 Å². The second-order valence-corrected chi connectivity index (χ2v) is 3.15. The Morgan fingerprint density at radius 1 is 1.58 bits per heavy atom. The Hall–Kier alpha value is -0.570. The van der Waals surface area contributed by atoms with Crippen molar-refractivity contribution in [3.05, 3.63) is 0 Å². The van der Waals surface area contributed by atoms with E-state index in [1.807, 2.05) is 6.92 Å². The number of hydrogen-bond acceptors (Lipinski definition) is 3. The molecule has 0 bridgehead atoms. The van der Waals surface area contributed by atoms with E-state index in [4.69, 9.17) is 4.74 Å². The van der Waals surface area contributed by atoms with Crippen LogP contribution in [0.1, 0.15) is 26.2 Å². The molecule has 3 nitrogen and oxygen atoms in total. The zero-order chi connectivity index (χ0) is 8.97. The minimum atomic E-state index is -0.296. The first-order valence-corrected chi connectivity index (χ1v) is 4.49. The van der Waals surface area contributed by atoms with Crippen molar-refractivity contribution in [3.63, 3.8) is 0 Å². The van der Waals surface area contributed by atoms with Gasteiger partial charge in [0, 0.05) is 6.61 Å². The van der Waals surface area contributed by atoms with Crippen molar-refractivity contribution >= 4 is 5.97 Å². The van der Waals surface area contributed by atoms with E-state index in [2.05, 4.69) is 4.74 Å². The predicted molar refractivity (Wildman–Crippen MR) is 44.8 cm³/mol. The maximum Gasteiger partial charge on any atom is 0.335 e. The molecular formula is C9H16O3. The first kappa shape index (κ1) is 9.52. The summed E-state index contributed by atoms with van der Waals surface area (Å²) in [6, 6.07) is 0. The second-order valence-electron chi connectivity index (χ2n) is 3.15. The molecule has 1 aliphatic carbocycles. The van der Waals surface area contributed by atoms with Crippen LogP contribution in [0.15, 0.2) is 0 Å². The number of carbonyl (C=O) groups excluding carboxylic acids is 1. The molecule has 0 spiro atoms. The highest BCUT2D eigenvalue weighted by Gasteiger charge is 2.37. The minimum Gasteiger partial charge on any atom is -0.467 e. The van der Waals surface area contributed by atoms with E-state index in [9.17, 15) is 4.79 Å². The van der Waals surface area contributed by atoms with Crippen LogP contribution in [-0.4, -0.2) is 25.8 Å². The number of methoxy groups -OCH3 is 1. The minimum absolute atomic E-state index is 0.217. The molecule has 70 valence electrons. The lowest BCUT2D eigenvalue weighted by molar-refractivity contribution is -0.155. The topological polar surface area (TPSA) is 35.5 Å². The molecule has 0 saturated heterocycles. The van der Waals surface area contributed by atoms with Gasteiger partial charge in [0.15, 0.2) is 6.10 Å². The summed E-state index contributed by atoms with van der Waals surface area (Å²) in [7, 11) is 1.41. The summed E-state index contributed by atoms with van der Waals surface area (Å²) in [5.74, 6) is 0.204. The lowest BCUT2D eigenvalue weighted by Gasteiger charge is -2.13. The maximum absolute atomic E-state index is 11.2. The Balaban J connectivity index is 2.32. The van der Waals surface area contributed by atoms with Gasteiger partial charge in [0.1, 0.15) is 0 Å². The van der Waals surface area contributed by atoms with Gasteiger partial charge in [-0.2, -0.15) is 0 Å². The average Bonchev–Trinajstić information content (AvgIpc) is 2.88. The molecule has 0 aliphatic heterocycles. The standard InChI is InChI=1S/C9H16O3/c1-3-6-12-8(7-4-5-7)9(10)11-2/h7-8H,3-6H2,1-2H3. The quantitative estimate of drug-likeness (QED) is 0.587. The number of hydrogen-bond donors (Lipinski definition) is 0. The van der Waals surface area contributed by atoms with Gasteiger partial charge >= 0.3 is 5.97 Å². The van der Waals surface area contributed by atoms with Gasteiger partial charge in [0.2, 0.25) is 0 Å². The molecule has 1 unspecified atom stereocenters. The summed E-state index contributed by atoms with van der Waals surface area (Å²) >= 11 is 0. The van der Waals surface area contributed by atoms with Crippen LogP contribution in [0.2, 0.25) is 0 Å². The molecule has 0 amide bonds. The van der Waals surface area contributed by atoms with Gasteiger partial charge in [-0.15, -0.1) is 0 Å². The zero-order valence-corrected chi connectivity index (χ0v) is 7.71. The molecule has 0 radical (unpaired) electrons. The molecular weight excluding hydrogens is 156 g/mol. The fourth-order valence-electron chi connectivity index (χ4n) is 1.16. The molecule has 0 aromatic heterocycles. The molecule has 1 saturated carbocycles. The summed E-state index contributed by atoms with van der Waals surface area (Å²) in [6.45, 7) is 2.68. The first-order chi connectivity index (χ1) is 5.79. The lowest BCUT2D eigenvalue weighted by Crippen LogP contribution is -2.28. The van der Waals surface area contributed by atoms with Crippen LogP contribution in [0.3, 0.4) is 0 Å². The van der Waals surface area contributed by atoms with Gasteiger partial charge in [-0.1, -0.05) is 6.92 Å². The fraction of sp³-hybridized carbons (Fsp3) is 0.889. The van der Waals surface area contributed by atoms with Crippen molar-refractivity contribution in [2.24, 2.45) is 5.92 Å². The third kappa shape index (κ3) is 2.48. The third-order valence-electron chi connectivity index (χ3n) is 1.99. The Morgan fingerprint density at radius 3 is 2.67 bits per heavy atom. The number of esters is 1. The summed E-state index contributed by atoms with van der Waals surface area (Å²) in [6.07, 6.45) is 2.85. The Kier molecular flexibility index (Phi) is 3.53. The van der Waals surface area contributed by atoms with Crippen LogP contribution in [0, 0.1) is 5.92 Å². The van der Waals surface area contributed by atoms with E-state index in [0.717, 1.165) is 19.3 Å². The van der Waals surface area contributed by atoms with Crippen LogP contribution < -0.4 is 0 Å². The molecule has 3 heteroatoms. The lowest BCUT2D eigenvalue weighted by atomic mass is 10.2. The van der Waals surface area contributed by atoms with Gasteiger partial charge in [-0.25, -0.2) is 4.79 Å². The summed E-state index contributed by atoms with van der Waals surface area (Å²) in [5, 5.41) is 0. The Morgan fingerprint density at radius 2 is 2.25 bits per heavy atom. The van der Waals surface area contributed by atoms with Crippen molar-refractivity contribution in [2.75, 3.05) is 13.7 Å². The molecule has 0 aromatic rings. The molecule has 1 atom stereocenters. The van der Waals surface area contributed by atoms with Gasteiger partial charge in [-0.05, 0) is 25.2 Å². The predicted octanol–water partition coefficient (Wildman–Crippen LogP) is 1.36. The van der Waals surface area contributed by atoms with E-state index in [1.54, 1.807) is 0 Å². The average molecular weight is 172 g/mol. The first-order valence-electron chi connectivity index (χ1n) is 4.49. The number of carbonyl (C=O) groups is 1. The van der Waals surface area contributed by atoms with E-state index in [0.29, 0.717) is 12.5 Å². The van der Waals surface area contributed by atoms with Crippen LogP contribution in [-0.2, 0) is 14.3 Å². The van der Waals surface area contributed by atoms with Crippen LogP contribution in [0.25, 0.3) is 0 Å². The van der Waals surface area contributed by atoms with Crippen LogP contribution in [0.5, 0.6) is 0 Å². The largest absolute Gasteiger partial charge is 0.467 e. The van der Waals surface area contributed by atoms with E-state index in [1.165, 1.54) is 7.11 Å². The maximum atomic E-state index is 11.2. The Labute approximate surface area is 73.0 Å². The van der Waals surface area contributed by atoms with E-state index < -0.39 is 0 Å². The monoisotopic (exact) mass is 172 g/mol. The fourth-order valence-corrected chi connectivity index (χ4v) is 1.16. The second kappa shape index (κ2) is 4.45. The highest BCUT2D eigenvalue weighted by Crippen LogP contribution is 2.34. The number of ether oxygens (including phenoxy) is 2. The molecule has 0 heterocycles. The highest BCUT2D eigenvalue weighted by molar-refractivity contribution is 5.75. The number of rotatable bonds is 5. The molecule has 12 heavy (non-hydrogen) atoms.